The third-order valence-corrected chi connectivity index (χ3v) is 8.45. The molecule has 0 aliphatic carbocycles. The number of piperazine rings is 1. The molecule has 8 nitrogen and oxygen atoms in total. The zero-order valence-electron chi connectivity index (χ0n) is 25.3. The van der Waals surface area contributed by atoms with Gasteiger partial charge in [-0.3, -0.25) is 19.4 Å². The van der Waals surface area contributed by atoms with Crippen LogP contribution in [-0.4, -0.2) is 67.8 Å². The molecule has 3 aromatic rings. The maximum atomic E-state index is 12.7. The van der Waals surface area contributed by atoms with Crippen molar-refractivity contribution in [3.8, 4) is 5.88 Å². The number of ether oxygens (including phenoxy) is 2. The molecular weight excluding hydrogens is 528 g/mol. The molecule has 2 aliphatic heterocycles. The van der Waals surface area contributed by atoms with E-state index in [-0.39, 0.29) is 18.6 Å². The van der Waals surface area contributed by atoms with Gasteiger partial charge < -0.3 is 14.4 Å². The molecule has 1 saturated heterocycles. The molecule has 0 spiro atoms. The van der Waals surface area contributed by atoms with E-state index >= 15 is 0 Å². The Hall–Kier alpha value is -3.65. The zero-order chi connectivity index (χ0) is 29.5. The molecule has 1 fully saturated rings. The maximum Gasteiger partial charge on any atom is 0.313 e. The second-order valence-electron chi connectivity index (χ2n) is 12.0. The third kappa shape index (κ3) is 7.04. The highest BCUT2D eigenvalue weighted by Crippen LogP contribution is 2.30. The summed E-state index contributed by atoms with van der Waals surface area (Å²) in [5, 5.41) is 2.62. The Morgan fingerprint density at radius 3 is 2.55 bits per heavy atom. The van der Waals surface area contributed by atoms with Crippen molar-refractivity contribution < 1.29 is 19.1 Å². The minimum absolute atomic E-state index is 0.0891. The SMILES string of the molecule is CCCC(C)(C)C(=O)OCN1C(=O)CCc2ccc(OCCCCN3CCN(c4cccc5ccccc45)CC3)nc21. The average molecular weight is 573 g/mol. The lowest BCUT2D eigenvalue weighted by Gasteiger charge is -2.36. The Balaban J connectivity index is 1.07. The highest BCUT2D eigenvalue weighted by Gasteiger charge is 2.32. The summed E-state index contributed by atoms with van der Waals surface area (Å²) in [7, 11) is 0. The quantitative estimate of drug-likeness (QED) is 0.200. The number of aromatic nitrogens is 1. The van der Waals surface area contributed by atoms with Gasteiger partial charge in [-0.1, -0.05) is 49.7 Å². The Kier molecular flexibility index (Phi) is 9.62. The topological polar surface area (TPSA) is 75.2 Å². The molecule has 0 atom stereocenters. The number of esters is 1. The number of pyridine rings is 1. The average Bonchev–Trinajstić information content (AvgIpc) is 3.00. The first-order valence-corrected chi connectivity index (χ1v) is 15.4. The van der Waals surface area contributed by atoms with Crippen molar-refractivity contribution in [3.63, 3.8) is 0 Å². The molecule has 0 unspecified atom stereocenters. The fourth-order valence-electron chi connectivity index (χ4n) is 5.95. The highest BCUT2D eigenvalue weighted by atomic mass is 16.5. The van der Waals surface area contributed by atoms with Crippen LogP contribution in [0.1, 0.15) is 58.4 Å². The molecule has 0 radical (unpaired) electrons. The van der Waals surface area contributed by atoms with Crippen molar-refractivity contribution in [2.24, 2.45) is 5.41 Å². The van der Waals surface area contributed by atoms with Crippen molar-refractivity contribution >= 4 is 34.2 Å². The van der Waals surface area contributed by atoms with Crippen LogP contribution < -0.4 is 14.5 Å². The van der Waals surface area contributed by atoms with Gasteiger partial charge in [-0.15, -0.1) is 0 Å². The fraction of sp³-hybridized carbons (Fsp3) is 0.500. The second-order valence-corrected chi connectivity index (χ2v) is 12.0. The molecule has 2 aromatic carbocycles. The molecule has 0 saturated carbocycles. The van der Waals surface area contributed by atoms with Gasteiger partial charge in [0.1, 0.15) is 5.82 Å². The van der Waals surface area contributed by atoms with E-state index in [1.807, 2.05) is 32.9 Å². The Morgan fingerprint density at radius 1 is 0.952 bits per heavy atom. The minimum Gasteiger partial charge on any atom is -0.478 e. The molecule has 0 bridgehead atoms. The van der Waals surface area contributed by atoms with E-state index < -0.39 is 5.41 Å². The zero-order valence-corrected chi connectivity index (χ0v) is 25.3. The summed E-state index contributed by atoms with van der Waals surface area (Å²) in [6.07, 6.45) is 4.59. The van der Waals surface area contributed by atoms with Crippen molar-refractivity contribution in [1.82, 2.24) is 9.88 Å². The largest absolute Gasteiger partial charge is 0.478 e. The van der Waals surface area contributed by atoms with E-state index in [9.17, 15) is 9.59 Å². The number of fused-ring (bicyclic) bond motifs is 2. The second kappa shape index (κ2) is 13.6. The van der Waals surface area contributed by atoms with E-state index in [4.69, 9.17) is 9.47 Å². The molecular formula is C34H44N4O4. The molecule has 0 N–H and O–H groups in total. The van der Waals surface area contributed by atoms with E-state index in [1.165, 1.54) is 21.4 Å². The van der Waals surface area contributed by atoms with Crippen LogP contribution in [0.4, 0.5) is 11.5 Å². The standard InChI is InChI=1S/C34H44N4O4/c1-4-18-34(2,3)33(40)42-25-38-31(39)17-15-27-14-16-30(35-32(27)38)41-24-8-7-19-36-20-22-37(23-21-36)29-13-9-11-26-10-5-6-12-28(26)29/h5-6,9-14,16H,4,7-8,15,17-25H2,1-3H3. The number of carbonyl (C=O) groups is 2. The lowest BCUT2D eigenvalue weighted by atomic mass is 9.88. The molecule has 2 aliphatic rings. The number of hydrogen-bond acceptors (Lipinski definition) is 7. The molecule has 1 amide bonds. The van der Waals surface area contributed by atoms with E-state index in [1.54, 1.807) is 0 Å². The lowest BCUT2D eigenvalue weighted by Crippen LogP contribution is -2.46. The fourth-order valence-corrected chi connectivity index (χ4v) is 5.95. The van der Waals surface area contributed by atoms with Crippen molar-refractivity contribution in [2.45, 2.75) is 59.3 Å². The normalized spacial score (nSPS) is 16.0. The van der Waals surface area contributed by atoms with Gasteiger partial charge >= 0.3 is 5.97 Å². The van der Waals surface area contributed by atoms with Gasteiger partial charge in [0.15, 0.2) is 6.73 Å². The minimum atomic E-state index is -0.584. The number of benzene rings is 2. The van der Waals surface area contributed by atoms with Crippen LogP contribution in [-0.2, 0) is 20.7 Å². The van der Waals surface area contributed by atoms with Crippen molar-refractivity contribution in [3.05, 3.63) is 60.2 Å². The van der Waals surface area contributed by atoms with Crippen LogP contribution in [0, 0.1) is 5.41 Å². The van der Waals surface area contributed by atoms with Crippen molar-refractivity contribution in [2.75, 3.05) is 55.9 Å². The summed E-state index contributed by atoms with van der Waals surface area (Å²) < 4.78 is 11.6. The van der Waals surface area contributed by atoms with Crippen molar-refractivity contribution in [1.29, 1.82) is 0 Å². The molecule has 1 aromatic heterocycles. The summed E-state index contributed by atoms with van der Waals surface area (Å²) in [4.78, 5) is 36.5. The first-order chi connectivity index (χ1) is 20.4. The summed E-state index contributed by atoms with van der Waals surface area (Å²) in [5.74, 6) is 0.643. The van der Waals surface area contributed by atoms with Gasteiger partial charge in [0.25, 0.3) is 0 Å². The van der Waals surface area contributed by atoms with Gasteiger partial charge in [-0.2, -0.15) is 4.98 Å². The summed E-state index contributed by atoms with van der Waals surface area (Å²) in [5.41, 5.74) is 1.71. The van der Waals surface area contributed by atoms with Gasteiger partial charge in [0.05, 0.1) is 12.0 Å². The Bertz CT molecular complexity index is 1380. The van der Waals surface area contributed by atoms with Crippen LogP contribution in [0.15, 0.2) is 54.6 Å². The number of anilines is 2. The monoisotopic (exact) mass is 572 g/mol. The molecule has 3 heterocycles. The van der Waals surface area contributed by atoms with Crippen LogP contribution in [0.5, 0.6) is 5.88 Å². The predicted molar refractivity (Wildman–Crippen MR) is 167 cm³/mol. The lowest BCUT2D eigenvalue weighted by molar-refractivity contribution is -0.154. The van der Waals surface area contributed by atoms with Gasteiger partial charge in [0, 0.05) is 49.7 Å². The van der Waals surface area contributed by atoms with E-state index in [2.05, 4.69) is 57.2 Å². The van der Waals surface area contributed by atoms with E-state index in [0.717, 1.165) is 64.0 Å². The maximum absolute atomic E-state index is 12.7. The first-order valence-electron chi connectivity index (χ1n) is 15.4. The molecule has 8 heteroatoms. The smallest absolute Gasteiger partial charge is 0.313 e. The highest BCUT2D eigenvalue weighted by molar-refractivity contribution is 5.95. The number of unbranched alkanes of at least 4 members (excludes halogenated alkanes) is 1. The van der Waals surface area contributed by atoms with Gasteiger partial charge in [-0.05, 0) is 69.2 Å². The molecule has 224 valence electrons. The molecule has 5 rings (SSSR count). The van der Waals surface area contributed by atoms with Gasteiger partial charge in [-0.25, -0.2) is 0 Å². The number of aryl methyl sites for hydroxylation is 1. The Labute approximate surface area is 249 Å². The summed E-state index contributed by atoms with van der Waals surface area (Å²) in [6.45, 7) is 11.5. The molecule has 42 heavy (non-hydrogen) atoms. The summed E-state index contributed by atoms with van der Waals surface area (Å²) >= 11 is 0. The third-order valence-electron chi connectivity index (χ3n) is 8.45. The van der Waals surface area contributed by atoms with Gasteiger partial charge in [0.2, 0.25) is 11.8 Å². The first kappa shape index (κ1) is 29.8. The number of rotatable bonds is 12. The summed E-state index contributed by atoms with van der Waals surface area (Å²) in [6, 6.07) is 19.0. The number of hydrogen-bond donors (Lipinski definition) is 0. The van der Waals surface area contributed by atoms with E-state index in [0.29, 0.717) is 31.1 Å². The Morgan fingerprint density at radius 2 is 1.74 bits per heavy atom. The van der Waals surface area contributed by atoms with Crippen LogP contribution >= 0.6 is 0 Å². The number of nitrogens with zero attached hydrogens (tertiary/aromatic N) is 4. The predicted octanol–water partition coefficient (Wildman–Crippen LogP) is 5.82. The number of amides is 1. The van der Waals surface area contributed by atoms with Crippen LogP contribution in [0.2, 0.25) is 0 Å². The number of carbonyl (C=O) groups excluding carboxylic acids is 2. The van der Waals surface area contributed by atoms with Crippen LogP contribution in [0.25, 0.3) is 10.8 Å². The van der Waals surface area contributed by atoms with Crippen LogP contribution in [0.3, 0.4) is 0 Å².